The normalized spacial score (nSPS) is 9.92. The van der Waals surface area contributed by atoms with Crippen molar-refractivity contribution in [1.82, 2.24) is 4.98 Å². The van der Waals surface area contributed by atoms with E-state index in [9.17, 15) is 14.7 Å². The second-order valence-corrected chi connectivity index (χ2v) is 2.53. The molecule has 0 aromatic carbocycles. The molecule has 0 aliphatic carbocycles. The van der Waals surface area contributed by atoms with Gasteiger partial charge in [-0.3, -0.25) is 4.79 Å². The molecule has 0 radical (unpaired) electrons. The molecule has 13 heavy (non-hydrogen) atoms. The van der Waals surface area contributed by atoms with Crippen LogP contribution in [0.3, 0.4) is 0 Å². The second-order valence-electron chi connectivity index (χ2n) is 2.53. The average Bonchev–Trinajstić information content (AvgIpc) is 2.04. The number of aromatic nitrogens is 1. The summed E-state index contributed by atoms with van der Waals surface area (Å²) in [5, 5.41) is 17.9. The first kappa shape index (κ1) is 9.31. The highest BCUT2D eigenvalue weighted by Gasteiger charge is 2.16. The van der Waals surface area contributed by atoms with Crippen LogP contribution >= 0.6 is 0 Å². The van der Waals surface area contributed by atoms with Crippen molar-refractivity contribution < 1.29 is 15.0 Å². The molecule has 0 unspecified atom stereocenters. The number of pyridine rings is 1. The highest BCUT2D eigenvalue weighted by atomic mass is 16.4. The molecule has 0 saturated heterocycles. The van der Waals surface area contributed by atoms with Gasteiger partial charge in [-0.25, -0.2) is 4.79 Å². The SMILES string of the molecule is CCc1c[nH]c(=O)c(C(=O)O)c1O. The van der Waals surface area contributed by atoms with Gasteiger partial charge in [0.05, 0.1) is 0 Å². The van der Waals surface area contributed by atoms with Crippen LogP contribution < -0.4 is 5.56 Å². The Labute approximate surface area is 73.7 Å². The van der Waals surface area contributed by atoms with Crippen LogP contribution in [0.1, 0.15) is 22.8 Å². The van der Waals surface area contributed by atoms with E-state index in [0.717, 1.165) is 0 Å². The first-order valence-electron chi connectivity index (χ1n) is 3.74. The minimum absolute atomic E-state index is 0.414. The molecule has 0 atom stereocenters. The summed E-state index contributed by atoms with van der Waals surface area (Å²) in [7, 11) is 0. The standard InChI is InChI=1S/C8H9NO4/c1-2-4-3-9-7(11)5(6(4)10)8(12)13/h3H,2H2,1H3,(H,12,13)(H2,9,10,11). The second kappa shape index (κ2) is 3.30. The summed E-state index contributed by atoms with van der Waals surface area (Å²) >= 11 is 0. The predicted molar refractivity (Wildman–Crippen MR) is 45.1 cm³/mol. The fraction of sp³-hybridized carbons (Fsp3) is 0.250. The van der Waals surface area contributed by atoms with Gasteiger partial charge in [0.2, 0.25) is 0 Å². The van der Waals surface area contributed by atoms with Crippen molar-refractivity contribution in [2.45, 2.75) is 13.3 Å². The van der Waals surface area contributed by atoms with Gasteiger partial charge in [-0.1, -0.05) is 6.92 Å². The van der Waals surface area contributed by atoms with E-state index >= 15 is 0 Å². The fourth-order valence-electron chi connectivity index (χ4n) is 1.03. The lowest BCUT2D eigenvalue weighted by Gasteiger charge is -2.02. The van der Waals surface area contributed by atoms with Gasteiger partial charge in [0.1, 0.15) is 5.75 Å². The zero-order valence-electron chi connectivity index (χ0n) is 7.00. The summed E-state index contributed by atoms with van der Waals surface area (Å²) in [5.41, 5.74) is -0.974. The van der Waals surface area contributed by atoms with Crippen molar-refractivity contribution in [2.75, 3.05) is 0 Å². The largest absolute Gasteiger partial charge is 0.506 e. The van der Waals surface area contributed by atoms with Crippen LogP contribution in [0.5, 0.6) is 5.75 Å². The van der Waals surface area contributed by atoms with Crippen LogP contribution in [-0.2, 0) is 6.42 Å². The molecule has 0 spiro atoms. The third-order valence-electron chi connectivity index (χ3n) is 1.74. The van der Waals surface area contributed by atoms with E-state index in [-0.39, 0.29) is 0 Å². The van der Waals surface area contributed by atoms with E-state index in [0.29, 0.717) is 12.0 Å². The lowest BCUT2D eigenvalue weighted by molar-refractivity contribution is 0.0691. The van der Waals surface area contributed by atoms with E-state index in [1.54, 1.807) is 6.92 Å². The summed E-state index contributed by atoms with van der Waals surface area (Å²) in [6.07, 6.45) is 1.77. The first-order chi connectivity index (χ1) is 6.07. The van der Waals surface area contributed by atoms with Gasteiger partial charge in [-0.05, 0) is 6.42 Å². The Morgan fingerprint density at radius 2 is 2.23 bits per heavy atom. The van der Waals surface area contributed by atoms with E-state index in [1.165, 1.54) is 6.20 Å². The minimum atomic E-state index is -1.42. The van der Waals surface area contributed by atoms with Crippen LogP contribution in [0.25, 0.3) is 0 Å². The fourth-order valence-corrected chi connectivity index (χ4v) is 1.03. The number of aromatic hydroxyl groups is 1. The average molecular weight is 183 g/mol. The highest BCUT2D eigenvalue weighted by Crippen LogP contribution is 2.18. The molecule has 0 aliphatic heterocycles. The number of aromatic carboxylic acids is 1. The number of carboxylic acids is 1. The number of H-pyrrole nitrogens is 1. The quantitative estimate of drug-likeness (QED) is 0.616. The molecule has 1 aromatic rings. The molecule has 1 rings (SSSR count). The first-order valence-corrected chi connectivity index (χ1v) is 3.74. The summed E-state index contributed by atoms with van der Waals surface area (Å²) in [6, 6.07) is 0. The van der Waals surface area contributed by atoms with E-state index in [4.69, 9.17) is 5.11 Å². The number of rotatable bonds is 2. The molecule has 5 heteroatoms. The molecule has 3 N–H and O–H groups in total. The third-order valence-corrected chi connectivity index (χ3v) is 1.74. The summed E-state index contributed by atoms with van der Waals surface area (Å²) in [6.45, 7) is 1.75. The lowest BCUT2D eigenvalue weighted by Crippen LogP contribution is -2.18. The zero-order chi connectivity index (χ0) is 10.0. The maximum absolute atomic E-state index is 11.0. The maximum Gasteiger partial charge on any atom is 0.345 e. The Morgan fingerprint density at radius 1 is 1.62 bits per heavy atom. The molecular weight excluding hydrogens is 174 g/mol. The van der Waals surface area contributed by atoms with Gasteiger partial charge in [0.15, 0.2) is 5.56 Å². The van der Waals surface area contributed by atoms with E-state index in [1.807, 2.05) is 0 Å². The van der Waals surface area contributed by atoms with Crippen molar-refractivity contribution in [3.8, 4) is 5.75 Å². The molecular formula is C8H9NO4. The van der Waals surface area contributed by atoms with Gasteiger partial charge < -0.3 is 15.2 Å². The van der Waals surface area contributed by atoms with Gasteiger partial charge in [-0.15, -0.1) is 0 Å². The Balaban J connectivity index is 3.48. The van der Waals surface area contributed by atoms with Gasteiger partial charge >= 0.3 is 5.97 Å². The molecule has 0 amide bonds. The van der Waals surface area contributed by atoms with Crippen molar-refractivity contribution >= 4 is 5.97 Å². The maximum atomic E-state index is 11.0. The number of aromatic amines is 1. The van der Waals surface area contributed by atoms with Crippen molar-refractivity contribution in [3.05, 3.63) is 27.7 Å². The Kier molecular flexibility index (Phi) is 2.36. The predicted octanol–water partition coefficient (Wildman–Crippen LogP) is 0.341. The number of carbonyl (C=O) groups is 1. The van der Waals surface area contributed by atoms with Crippen molar-refractivity contribution in [2.24, 2.45) is 0 Å². The smallest absolute Gasteiger partial charge is 0.345 e. The number of nitrogens with one attached hydrogen (secondary N) is 1. The van der Waals surface area contributed by atoms with Crippen molar-refractivity contribution in [3.63, 3.8) is 0 Å². The van der Waals surface area contributed by atoms with Crippen LogP contribution in [0, 0.1) is 0 Å². The molecule has 1 aromatic heterocycles. The van der Waals surface area contributed by atoms with Gasteiger partial charge in [0, 0.05) is 11.8 Å². The molecule has 0 aliphatic rings. The Bertz CT molecular complexity index is 394. The summed E-state index contributed by atoms with van der Waals surface area (Å²) < 4.78 is 0. The van der Waals surface area contributed by atoms with Crippen molar-refractivity contribution in [1.29, 1.82) is 0 Å². The minimum Gasteiger partial charge on any atom is -0.506 e. The summed E-state index contributed by atoms with van der Waals surface area (Å²) in [5.74, 6) is -1.87. The van der Waals surface area contributed by atoms with Gasteiger partial charge in [-0.2, -0.15) is 0 Å². The molecule has 1 heterocycles. The highest BCUT2D eigenvalue weighted by molar-refractivity contribution is 5.90. The van der Waals surface area contributed by atoms with E-state index in [2.05, 4.69) is 4.98 Å². The number of hydrogen-bond acceptors (Lipinski definition) is 3. The monoisotopic (exact) mass is 183 g/mol. The number of hydrogen-bond donors (Lipinski definition) is 3. The lowest BCUT2D eigenvalue weighted by atomic mass is 10.1. The Hall–Kier alpha value is -1.78. The molecule has 5 nitrogen and oxygen atoms in total. The van der Waals surface area contributed by atoms with Crippen LogP contribution in [0.4, 0.5) is 0 Å². The van der Waals surface area contributed by atoms with E-state index < -0.39 is 22.8 Å². The zero-order valence-corrected chi connectivity index (χ0v) is 7.00. The van der Waals surface area contributed by atoms with Crippen LogP contribution in [0.2, 0.25) is 0 Å². The number of aryl methyl sites for hydroxylation is 1. The molecule has 0 bridgehead atoms. The van der Waals surface area contributed by atoms with Crippen LogP contribution in [-0.4, -0.2) is 21.2 Å². The topological polar surface area (TPSA) is 90.4 Å². The van der Waals surface area contributed by atoms with Gasteiger partial charge in [0.25, 0.3) is 5.56 Å². The molecule has 0 fully saturated rings. The summed E-state index contributed by atoms with van der Waals surface area (Å²) in [4.78, 5) is 23.7. The molecule has 70 valence electrons. The molecule has 0 saturated carbocycles. The third kappa shape index (κ3) is 1.53. The number of carboxylic acid groups (broad SMARTS) is 1. The van der Waals surface area contributed by atoms with Crippen LogP contribution in [0.15, 0.2) is 11.0 Å². The Morgan fingerprint density at radius 3 is 2.69 bits per heavy atom.